The van der Waals surface area contributed by atoms with Gasteiger partial charge in [-0.05, 0) is 39.0 Å². The van der Waals surface area contributed by atoms with Crippen LogP contribution in [0.2, 0.25) is 0 Å². The maximum Gasteiger partial charge on any atom is 0.164 e. The van der Waals surface area contributed by atoms with Gasteiger partial charge in [0.05, 0.1) is 11.1 Å². The average Bonchev–Trinajstić information content (AvgIpc) is 3.04. The maximum absolute atomic E-state index is 12.6. The third kappa shape index (κ3) is 1.90. The Morgan fingerprint density at radius 2 is 1.59 bits per heavy atom. The topological polar surface area (TPSA) is 59.0 Å². The number of aliphatic imine (C=N–C) groups is 1. The summed E-state index contributed by atoms with van der Waals surface area (Å²) in [5, 5.41) is 26.8. The Balaban J connectivity index is 2.17. The number of benzene rings is 1. The fourth-order valence-electron chi connectivity index (χ4n) is 2.63. The fraction of sp³-hybridized carbons (Fsp3) is 0.353. The van der Waals surface area contributed by atoms with E-state index in [9.17, 15) is 10.4 Å². The van der Waals surface area contributed by atoms with Gasteiger partial charge in [-0.15, -0.1) is 0 Å². The van der Waals surface area contributed by atoms with Gasteiger partial charge in [0, 0.05) is 23.2 Å². The van der Waals surface area contributed by atoms with Crippen LogP contribution in [0, 0.1) is 0 Å². The van der Waals surface area contributed by atoms with E-state index in [1.807, 2.05) is 58.0 Å². The zero-order chi connectivity index (χ0) is 16.1. The highest BCUT2D eigenvalue weighted by atomic mass is 16.6. The van der Waals surface area contributed by atoms with Crippen LogP contribution in [0.4, 0.5) is 0 Å². The Kier molecular flexibility index (Phi) is 3.16. The smallest absolute Gasteiger partial charge is 0.164 e. The number of hydrogen-bond acceptors (Lipinski definition) is 4. The van der Waals surface area contributed by atoms with E-state index in [2.05, 4.69) is 4.99 Å². The normalized spacial score (nSPS) is 22.1. The molecule has 0 unspecified atom stereocenters. The van der Waals surface area contributed by atoms with Crippen molar-refractivity contribution in [2.45, 2.75) is 38.8 Å². The SMILES string of the molecule is CC1(C)N([O])C(=c2ccc(=C3C=CN=C3)cc2)N(O)C1(C)C. The number of nitrogens with zero attached hydrogens (tertiary/aromatic N) is 3. The molecular formula is C17H20N3O2. The van der Waals surface area contributed by atoms with E-state index in [1.165, 1.54) is 0 Å². The van der Waals surface area contributed by atoms with E-state index in [4.69, 9.17) is 0 Å². The minimum atomic E-state index is -0.731. The van der Waals surface area contributed by atoms with Crippen LogP contribution in [0.3, 0.4) is 0 Å². The minimum Gasteiger partial charge on any atom is -0.286 e. The summed E-state index contributed by atoms with van der Waals surface area (Å²) >= 11 is 0. The van der Waals surface area contributed by atoms with Crippen LogP contribution in [0.1, 0.15) is 27.7 Å². The summed E-state index contributed by atoms with van der Waals surface area (Å²) in [5.74, 6) is 0.280. The Hall–Kier alpha value is -2.11. The van der Waals surface area contributed by atoms with Crippen molar-refractivity contribution < 1.29 is 10.4 Å². The molecule has 22 heavy (non-hydrogen) atoms. The third-order valence-corrected chi connectivity index (χ3v) is 4.96. The molecule has 2 aliphatic rings. The van der Waals surface area contributed by atoms with Crippen LogP contribution >= 0.6 is 0 Å². The largest absolute Gasteiger partial charge is 0.286 e. The van der Waals surface area contributed by atoms with Crippen molar-refractivity contribution >= 4 is 17.6 Å². The molecule has 0 aromatic heterocycles. The first-order valence-electron chi connectivity index (χ1n) is 7.28. The second-order valence-corrected chi connectivity index (χ2v) is 6.67. The zero-order valence-electron chi connectivity index (χ0n) is 13.2. The molecule has 0 aliphatic carbocycles. The lowest BCUT2D eigenvalue weighted by atomic mass is 9.84. The summed E-state index contributed by atoms with van der Waals surface area (Å²) in [6.07, 6.45) is 5.47. The molecule has 0 saturated carbocycles. The second-order valence-electron chi connectivity index (χ2n) is 6.67. The van der Waals surface area contributed by atoms with E-state index in [0.29, 0.717) is 5.22 Å². The molecule has 1 aromatic carbocycles. The van der Waals surface area contributed by atoms with E-state index in [0.717, 1.165) is 20.9 Å². The van der Waals surface area contributed by atoms with Crippen LogP contribution in [-0.4, -0.2) is 32.6 Å². The van der Waals surface area contributed by atoms with E-state index < -0.39 is 11.1 Å². The number of hydroxylamine groups is 4. The molecule has 0 spiro atoms. The molecule has 5 heteroatoms. The molecule has 2 aliphatic heterocycles. The summed E-state index contributed by atoms with van der Waals surface area (Å²) in [7, 11) is 0. The zero-order valence-corrected chi connectivity index (χ0v) is 13.2. The molecule has 0 amide bonds. The highest BCUT2D eigenvalue weighted by molar-refractivity contribution is 6.08. The van der Waals surface area contributed by atoms with Gasteiger partial charge < -0.3 is 0 Å². The van der Waals surface area contributed by atoms with E-state index in [-0.39, 0.29) is 5.82 Å². The highest BCUT2D eigenvalue weighted by Crippen LogP contribution is 2.43. The van der Waals surface area contributed by atoms with Gasteiger partial charge in [0.15, 0.2) is 5.82 Å². The summed E-state index contributed by atoms with van der Waals surface area (Å²) in [5.41, 5.74) is -0.382. The third-order valence-electron chi connectivity index (χ3n) is 4.96. The summed E-state index contributed by atoms with van der Waals surface area (Å²) < 4.78 is 0. The number of allylic oxidation sites excluding steroid dienone is 1. The fourth-order valence-corrected chi connectivity index (χ4v) is 2.63. The molecule has 1 saturated heterocycles. The van der Waals surface area contributed by atoms with Crippen molar-refractivity contribution in [2.75, 3.05) is 0 Å². The lowest BCUT2D eigenvalue weighted by Crippen LogP contribution is -2.52. The summed E-state index contributed by atoms with van der Waals surface area (Å²) in [6.45, 7) is 7.38. The Morgan fingerprint density at radius 3 is 2.05 bits per heavy atom. The van der Waals surface area contributed by atoms with Crippen molar-refractivity contribution in [2.24, 2.45) is 4.99 Å². The molecule has 2 heterocycles. The summed E-state index contributed by atoms with van der Waals surface area (Å²) in [4.78, 5) is 4.05. The van der Waals surface area contributed by atoms with Gasteiger partial charge in [0.25, 0.3) is 0 Å². The van der Waals surface area contributed by atoms with Crippen molar-refractivity contribution in [1.29, 1.82) is 0 Å². The van der Waals surface area contributed by atoms with E-state index in [1.54, 1.807) is 12.4 Å². The standard InChI is InChI=1S/C17H20N3O2/c1-16(2)17(3,4)20(22)15(19(16)21)13-7-5-12(6-8-13)14-9-10-18-11-14/h5-11,21H,1-4H3. The van der Waals surface area contributed by atoms with Gasteiger partial charge in [-0.2, -0.15) is 5.06 Å². The average molecular weight is 298 g/mol. The van der Waals surface area contributed by atoms with Crippen LogP contribution in [0.5, 0.6) is 0 Å². The predicted octanol–water partition coefficient (Wildman–Crippen LogP) is 1.41. The first-order valence-corrected chi connectivity index (χ1v) is 7.28. The Bertz CT molecular complexity index is 731. The molecule has 115 valence electrons. The molecule has 1 fully saturated rings. The van der Waals surface area contributed by atoms with Crippen molar-refractivity contribution in [1.82, 2.24) is 10.1 Å². The van der Waals surface area contributed by atoms with Crippen LogP contribution in [0.25, 0.3) is 11.4 Å². The van der Waals surface area contributed by atoms with Crippen molar-refractivity contribution in [3.8, 4) is 0 Å². The molecule has 1 N–H and O–H groups in total. The quantitative estimate of drug-likeness (QED) is 0.788. The first kappa shape index (κ1) is 14.8. The number of hydrogen-bond donors (Lipinski definition) is 1. The molecule has 1 aromatic rings. The predicted molar refractivity (Wildman–Crippen MR) is 84.4 cm³/mol. The van der Waals surface area contributed by atoms with Gasteiger partial charge in [-0.1, -0.05) is 29.5 Å². The van der Waals surface area contributed by atoms with Gasteiger partial charge in [0.1, 0.15) is 0 Å². The van der Waals surface area contributed by atoms with Crippen LogP contribution in [0.15, 0.2) is 41.5 Å². The monoisotopic (exact) mass is 298 g/mol. The molecule has 0 atom stereocenters. The Morgan fingerprint density at radius 1 is 1.00 bits per heavy atom. The molecule has 0 bridgehead atoms. The molecule has 1 radical (unpaired) electrons. The number of rotatable bonds is 0. The van der Waals surface area contributed by atoms with Crippen molar-refractivity contribution in [3.05, 3.63) is 47.0 Å². The van der Waals surface area contributed by atoms with Gasteiger partial charge in [0.2, 0.25) is 0 Å². The van der Waals surface area contributed by atoms with Crippen LogP contribution in [-0.2, 0) is 5.21 Å². The van der Waals surface area contributed by atoms with Crippen LogP contribution < -0.4 is 10.4 Å². The van der Waals surface area contributed by atoms with Gasteiger partial charge in [-0.25, -0.2) is 5.06 Å². The molecule has 5 nitrogen and oxygen atoms in total. The van der Waals surface area contributed by atoms with Gasteiger partial charge >= 0.3 is 0 Å². The van der Waals surface area contributed by atoms with Gasteiger partial charge in [-0.3, -0.25) is 10.2 Å². The minimum absolute atomic E-state index is 0.280. The second kappa shape index (κ2) is 4.69. The molecular weight excluding hydrogens is 278 g/mol. The molecule has 3 rings (SSSR count). The highest BCUT2D eigenvalue weighted by Gasteiger charge is 2.56. The van der Waals surface area contributed by atoms with E-state index >= 15 is 0 Å². The summed E-state index contributed by atoms with van der Waals surface area (Å²) in [6, 6.07) is 7.56. The maximum atomic E-state index is 12.6. The Labute approximate surface area is 129 Å². The lowest BCUT2D eigenvalue weighted by Gasteiger charge is -2.36. The van der Waals surface area contributed by atoms with Crippen molar-refractivity contribution in [3.63, 3.8) is 0 Å². The lowest BCUT2D eigenvalue weighted by molar-refractivity contribution is -0.167. The first-order chi connectivity index (χ1) is 10.3.